The predicted octanol–water partition coefficient (Wildman–Crippen LogP) is 4.84. The molecule has 1 fully saturated rings. The first-order valence-electron chi connectivity index (χ1n) is 13.7. The molecule has 2 amide bonds. The molecule has 3 aromatic heterocycles. The summed E-state index contributed by atoms with van der Waals surface area (Å²) in [4.78, 5) is 44.7. The summed E-state index contributed by atoms with van der Waals surface area (Å²) in [6, 6.07) is 7.93. The number of carbonyl (C=O) groups is 2. The molecule has 4 heterocycles. The van der Waals surface area contributed by atoms with Gasteiger partial charge in [0.2, 0.25) is 5.91 Å². The molecule has 0 radical (unpaired) electrons. The van der Waals surface area contributed by atoms with E-state index in [0.29, 0.717) is 17.7 Å². The van der Waals surface area contributed by atoms with Crippen LogP contribution in [-0.2, 0) is 11.3 Å². The Bertz CT molecular complexity index is 1410. The number of H-pyrrole nitrogens is 1. The van der Waals surface area contributed by atoms with Gasteiger partial charge in [0.15, 0.2) is 0 Å². The van der Waals surface area contributed by atoms with Crippen molar-refractivity contribution in [3.05, 3.63) is 64.8 Å². The van der Waals surface area contributed by atoms with E-state index in [1.54, 1.807) is 19.4 Å². The second-order valence-electron chi connectivity index (χ2n) is 10.0. The minimum absolute atomic E-state index is 0.0519. The number of aromatic nitrogens is 4. The molecule has 5 rings (SSSR count). The normalized spacial score (nSPS) is 14.5. The van der Waals surface area contributed by atoms with E-state index in [9.17, 15) is 9.59 Å². The molecule has 1 aliphatic heterocycles. The van der Waals surface area contributed by atoms with E-state index in [2.05, 4.69) is 53.7 Å². The lowest BCUT2D eigenvalue weighted by molar-refractivity contribution is -0.120. The largest absolute Gasteiger partial charge is 0.359 e. The molecular weight excluding hydrogens is 510 g/mol. The SMILES string of the molecule is CNC(=O)CCCCC[C@H](NC(=O)c1cnc(CN2CCCC2)s1)c1ncc(-c2ccc3ccncc3c2)[nH]1. The van der Waals surface area contributed by atoms with Crippen molar-refractivity contribution in [3.8, 4) is 11.3 Å². The van der Waals surface area contributed by atoms with Crippen molar-refractivity contribution in [1.82, 2.24) is 35.5 Å². The fraction of sp³-hybridized carbons (Fsp3) is 0.414. The maximum atomic E-state index is 13.3. The zero-order valence-electron chi connectivity index (χ0n) is 22.3. The van der Waals surface area contributed by atoms with Crippen LogP contribution in [-0.4, -0.2) is 56.8 Å². The Hall–Kier alpha value is -3.63. The van der Waals surface area contributed by atoms with Gasteiger partial charge in [-0.3, -0.25) is 19.5 Å². The second-order valence-corrected chi connectivity index (χ2v) is 11.1. The Labute approximate surface area is 232 Å². The molecule has 3 N–H and O–H groups in total. The fourth-order valence-electron chi connectivity index (χ4n) is 4.98. The summed E-state index contributed by atoms with van der Waals surface area (Å²) < 4.78 is 0. The van der Waals surface area contributed by atoms with Gasteiger partial charge in [-0.15, -0.1) is 11.3 Å². The van der Waals surface area contributed by atoms with Crippen molar-refractivity contribution >= 4 is 33.9 Å². The van der Waals surface area contributed by atoms with Crippen LogP contribution in [0, 0.1) is 0 Å². The smallest absolute Gasteiger partial charge is 0.263 e. The summed E-state index contributed by atoms with van der Waals surface area (Å²) in [7, 11) is 1.66. The fourth-order valence-corrected chi connectivity index (χ4v) is 5.84. The number of rotatable bonds is 12. The number of fused-ring (bicyclic) bond motifs is 1. The van der Waals surface area contributed by atoms with Crippen molar-refractivity contribution in [1.29, 1.82) is 0 Å². The zero-order chi connectivity index (χ0) is 27.0. The number of likely N-dealkylation sites (tertiary alicyclic amines) is 1. The van der Waals surface area contributed by atoms with Crippen LogP contribution in [0.3, 0.4) is 0 Å². The van der Waals surface area contributed by atoms with Crippen LogP contribution in [0.4, 0.5) is 0 Å². The monoisotopic (exact) mass is 545 g/mol. The number of imidazole rings is 1. The van der Waals surface area contributed by atoms with E-state index in [0.717, 1.165) is 71.8 Å². The van der Waals surface area contributed by atoms with Gasteiger partial charge in [-0.2, -0.15) is 0 Å². The van der Waals surface area contributed by atoms with Crippen LogP contribution in [0.25, 0.3) is 22.0 Å². The van der Waals surface area contributed by atoms with E-state index in [-0.39, 0.29) is 17.9 Å². The van der Waals surface area contributed by atoms with Crippen LogP contribution in [0.2, 0.25) is 0 Å². The number of hydrogen-bond acceptors (Lipinski definition) is 7. The van der Waals surface area contributed by atoms with Gasteiger partial charge in [-0.05, 0) is 56.3 Å². The average molecular weight is 546 g/mol. The maximum Gasteiger partial charge on any atom is 0.263 e. The molecular formula is C29H35N7O2S. The number of unbranched alkanes of at least 4 members (excludes halogenated alkanes) is 2. The molecule has 0 spiro atoms. The zero-order valence-corrected chi connectivity index (χ0v) is 23.1. The van der Waals surface area contributed by atoms with Gasteiger partial charge in [0.25, 0.3) is 5.91 Å². The summed E-state index contributed by atoms with van der Waals surface area (Å²) in [5.74, 6) is 0.638. The summed E-state index contributed by atoms with van der Waals surface area (Å²) in [6.45, 7) is 2.99. The Morgan fingerprint density at radius 1 is 1.05 bits per heavy atom. The standard InChI is InChI=1S/C29H35N7O2S/c1-30-26(37)8-4-2-3-7-23(35-29(38)25-18-32-27(39-25)19-36-13-5-6-14-36)28-33-17-24(34-28)21-10-9-20-11-12-31-16-22(20)15-21/h9-12,15-18,23H,2-8,13-14,19H2,1H3,(H,30,37)(H,33,34)(H,35,38)/t23-/m0/s1. The number of aromatic amines is 1. The molecule has 1 atom stereocenters. The number of hydrogen-bond donors (Lipinski definition) is 3. The molecule has 0 unspecified atom stereocenters. The third-order valence-electron chi connectivity index (χ3n) is 7.19. The van der Waals surface area contributed by atoms with Gasteiger partial charge in [0, 0.05) is 36.8 Å². The summed E-state index contributed by atoms with van der Waals surface area (Å²) in [6.07, 6.45) is 13.4. The maximum absolute atomic E-state index is 13.3. The van der Waals surface area contributed by atoms with Crippen LogP contribution >= 0.6 is 11.3 Å². The summed E-state index contributed by atoms with van der Waals surface area (Å²) >= 11 is 1.46. The first kappa shape index (κ1) is 27.0. The quantitative estimate of drug-likeness (QED) is 0.219. The van der Waals surface area contributed by atoms with Crippen molar-refractivity contribution in [3.63, 3.8) is 0 Å². The average Bonchev–Trinajstić information content (AvgIpc) is 3.75. The van der Waals surface area contributed by atoms with Crippen molar-refractivity contribution in [2.75, 3.05) is 20.1 Å². The van der Waals surface area contributed by atoms with E-state index < -0.39 is 0 Å². The third-order valence-corrected chi connectivity index (χ3v) is 8.17. The van der Waals surface area contributed by atoms with Gasteiger partial charge >= 0.3 is 0 Å². The topological polar surface area (TPSA) is 116 Å². The Morgan fingerprint density at radius 2 is 1.92 bits per heavy atom. The Balaban J connectivity index is 1.28. The van der Waals surface area contributed by atoms with Crippen LogP contribution in [0.15, 0.2) is 49.1 Å². The van der Waals surface area contributed by atoms with E-state index in [4.69, 9.17) is 0 Å². The molecule has 10 heteroatoms. The molecule has 204 valence electrons. The van der Waals surface area contributed by atoms with Crippen molar-refractivity contribution in [2.24, 2.45) is 0 Å². The number of pyridine rings is 1. The highest BCUT2D eigenvalue weighted by atomic mass is 32.1. The summed E-state index contributed by atoms with van der Waals surface area (Å²) in [5, 5.41) is 9.02. The minimum atomic E-state index is -0.280. The molecule has 0 bridgehead atoms. The number of nitrogens with zero attached hydrogens (tertiary/aromatic N) is 4. The molecule has 0 aliphatic carbocycles. The van der Waals surface area contributed by atoms with Gasteiger partial charge < -0.3 is 15.6 Å². The Kier molecular flexibility index (Phi) is 8.95. The molecule has 1 aliphatic rings. The number of benzene rings is 1. The van der Waals surface area contributed by atoms with Crippen LogP contribution < -0.4 is 10.6 Å². The lowest BCUT2D eigenvalue weighted by atomic mass is 10.1. The molecule has 39 heavy (non-hydrogen) atoms. The molecule has 9 nitrogen and oxygen atoms in total. The van der Waals surface area contributed by atoms with Crippen molar-refractivity contribution < 1.29 is 9.59 Å². The molecule has 0 saturated carbocycles. The Morgan fingerprint density at radius 3 is 2.77 bits per heavy atom. The van der Waals surface area contributed by atoms with Crippen molar-refractivity contribution in [2.45, 2.75) is 57.5 Å². The second kappa shape index (κ2) is 12.9. The molecule has 1 saturated heterocycles. The lowest BCUT2D eigenvalue weighted by Gasteiger charge is -2.16. The minimum Gasteiger partial charge on any atom is -0.359 e. The first-order valence-corrected chi connectivity index (χ1v) is 14.5. The van der Waals surface area contributed by atoms with Crippen LogP contribution in [0.5, 0.6) is 0 Å². The van der Waals surface area contributed by atoms with Gasteiger partial charge in [-0.25, -0.2) is 9.97 Å². The highest BCUT2D eigenvalue weighted by Crippen LogP contribution is 2.26. The lowest BCUT2D eigenvalue weighted by Crippen LogP contribution is -2.28. The summed E-state index contributed by atoms with van der Waals surface area (Å²) in [5.41, 5.74) is 1.90. The first-order chi connectivity index (χ1) is 19.1. The predicted molar refractivity (Wildman–Crippen MR) is 153 cm³/mol. The number of carbonyl (C=O) groups excluding carboxylic acids is 2. The van der Waals surface area contributed by atoms with Gasteiger partial charge in [0.05, 0.1) is 30.7 Å². The number of amides is 2. The number of thiazole rings is 1. The van der Waals surface area contributed by atoms with Gasteiger partial charge in [0.1, 0.15) is 15.7 Å². The van der Waals surface area contributed by atoms with E-state index in [1.165, 1.54) is 24.2 Å². The highest BCUT2D eigenvalue weighted by molar-refractivity contribution is 7.13. The molecule has 4 aromatic rings. The third kappa shape index (κ3) is 7.07. The van der Waals surface area contributed by atoms with Gasteiger partial charge in [-0.1, -0.05) is 25.0 Å². The number of nitrogens with one attached hydrogen (secondary N) is 3. The van der Waals surface area contributed by atoms with E-state index in [1.807, 2.05) is 18.5 Å². The van der Waals surface area contributed by atoms with Crippen LogP contribution in [0.1, 0.15) is 71.5 Å². The van der Waals surface area contributed by atoms with E-state index >= 15 is 0 Å². The molecule has 1 aromatic carbocycles. The highest BCUT2D eigenvalue weighted by Gasteiger charge is 2.21.